The van der Waals surface area contributed by atoms with Crippen LogP contribution in [0.3, 0.4) is 0 Å². The Morgan fingerprint density at radius 1 is 1.17 bits per heavy atom. The molecule has 0 atom stereocenters. The molecule has 12 heavy (non-hydrogen) atoms. The minimum Gasteiger partial charge on any atom is -0.330 e. The van der Waals surface area contributed by atoms with Crippen molar-refractivity contribution in [2.24, 2.45) is 5.73 Å². The van der Waals surface area contributed by atoms with Crippen molar-refractivity contribution >= 4 is 0 Å². The van der Waals surface area contributed by atoms with Crippen molar-refractivity contribution in [2.45, 2.75) is 27.2 Å². The van der Waals surface area contributed by atoms with Crippen LogP contribution in [0.2, 0.25) is 0 Å². The van der Waals surface area contributed by atoms with Crippen LogP contribution in [0.4, 0.5) is 0 Å². The lowest BCUT2D eigenvalue weighted by Gasteiger charge is -2.08. The van der Waals surface area contributed by atoms with Gasteiger partial charge in [0.05, 0.1) is 0 Å². The van der Waals surface area contributed by atoms with Crippen LogP contribution in [0.15, 0.2) is 12.1 Å². The summed E-state index contributed by atoms with van der Waals surface area (Å²) in [5, 5.41) is 0. The first kappa shape index (κ1) is 9.27. The Kier molecular flexibility index (Phi) is 2.88. The molecule has 0 aromatic heterocycles. The molecule has 1 rings (SSSR count). The van der Waals surface area contributed by atoms with Crippen molar-refractivity contribution < 1.29 is 0 Å². The van der Waals surface area contributed by atoms with Gasteiger partial charge in [-0.2, -0.15) is 0 Å². The molecule has 0 aliphatic carbocycles. The molecule has 0 aliphatic heterocycles. The molecule has 0 fully saturated rings. The van der Waals surface area contributed by atoms with Gasteiger partial charge in [0.15, 0.2) is 0 Å². The maximum absolute atomic E-state index is 5.53. The number of rotatable bonds is 2. The van der Waals surface area contributed by atoms with Gasteiger partial charge in [0.2, 0.25) is 0 Å². The molecular weight excluding hydrogens is 146 g/mol. The van der Waals surface area contributed by atoms with Crippen molar-refractivity contribution in [1.29, 1.82) is 0 Å². The third-order valence-electron chi connectivity index (χ3n) is 2.33. The van der Waals surface area contributed by atoms with Crippen LogP contribution in [0.5, 0.6) is 0 Å². The summed E-state index contributed by atoms with van der Waals surface area (Å²) in [6.07, 6.45) is 0.994. The first-order chi connectivity index (χ1) is 5.65. The predicted molar refractivity (Wildman–Crippen MR) is 53.4 cm³/mol. The molecule has 0 saturated carbocycles. The van der Waals surface area contributed by atoms with E-state index in [4.69, 9.17) is 5.73 Å². The van der Waals surface area contributed by atoms with Gasteiger partial charge in [0.1, 0.15) is 0 Å². The fraction of sp³-hybridized carbons (Fsp3) is 0.455. The Morgan fingerprint density at radius 3 is 2.42 bits per heavy atom. The van der Waals surface area contributed by atoms with Gasteiger partial charge in [-0.05, 0) is 50.4 Å². The molecule has 2 N–H and O–H groups in total. The summed E-state index contributed by atoms with van der Waals surface area (Å²) >= 11 is 0. The van der Waals surface area contributed by atoms with E-state index in [0.29, 0.717) is 0 Å². The molecule has 1 heteroatoms. The van der Waals surface area contributed by atoms with Crippen molar-refractivity contribution in [1.82, 2.24) is 0 Å². The summed E-state index contributed by atoms with van der Waals surface area (Å²) in [6, 6.07) is 4.45. The van der Waals surface area contributed by atoms with Crippen LogP contribution in [-0.2, 0) is 6.42 Å². The molecule has 1 aromatic rings. The second kappa shape index (κ2) is 3.72. The molecule has 1 aromatic carbocycles. The standard InChI is InChI=1S/C11H17N/c1-8-6-9(2)10(3)11(7-8)4-5-12/h6-7H,4-5,12H2,1-3H3. The molecule has 0 radical (unpaired) electrons. The average Bonchev–Trinajstić information content (AvgIpc) is 2.00. The highest BCUT2D eigenvalue weighted by Crippen LogP contribution is 2.15. The SMILES string of the molecule is Cc1cc(C)c(C)c(CCN)c1. The van der Waals surface area contributed by atoms with Crippen molar-refractivity contribution in [3.8, 4) is 0 Å². The van der Waals surface area contributed by atoms with Crippen LogP contribution in [-0.4, -0.2) is 6.54 Å². The van der Waals surface area contributed by atoms with E-state index < -0.39 is 0 Å². The molecule has 0 amide bonds. The normalized spacial score (nSPS) is 10.3. The van der Waals surface area contributed by atoms with E-state index in [1.54, 1.807) is 0 Å². The number of benzene rings is 1. The summed E-state index contributed by atoms with van der Waals surface area (Å²) in [6.45, 7) is 7.19. The highest BCUT2D eigenvalue weighted by atomic mass is 14.5. The zero-order valence-electron chi connectivity index (χ0n) is 8.15. The van der Waals surface area contributed by atoms with Crippen LogP contribution < -0.4 is 5.73 Å². The van der Waals surface area contributed by atoms with Gasteiger partial charge in [0, 0.05) is 0 Å². The predicted octanol–water partition coefficient (Wildman–Crippen LogP) is 2.11. The minimum absolute atomic E-state index is 0.740. The minimum atomic E-state index is 0.740. The topological polar surface area (TPSA) is 26.0 Å². The largest absolute Gasteiger partial charge is 0.330 e. The van der Waals surface area contributed by atoms with Gasteiger partial charge >= 0.3 is 0 Å². The van der Waals surface area contributed by atoms with Crippen molar-refractivity contribution in [3.63, 3.8) is 0 Å². The van der Waals surface area contributed by atoms with Crippen molar-refractivity contribution in [2.75, 3.05) is 6.54 Å². The maximum Gasteiger partial charge on any atom is -0.00366 e. The lowest BCUT2D eigenvalue weighted by atomic mass is 9.98. The van der Waals surface area contributed by atoms with E-state index in [1.165, 1.54) is 22.3 Å². The lowest BCUT2D eigenvalue weighted by Crippen LogP contribution is -2.05. The Morgan fingerprint density at radius 2 is 1.83 bits per heavy atom. The molecule has 0 spiro atoms. The van der Waals surface area contributed by atoms with Crippen molar-refractivity contribution in [3.05, 3.63) is 34.4 Å². The van der Waals surface area contributed by atoms with E-state index in [9.17, 15) is 0 Å². The molecule has 1 nitrogen and oxygen atoms in total. The number of aryl methyl sites for hydroxylation is 2. The summed E-state index contributed by atoms with van der Waals surface area (Å²) in [5.74, 6) is 0. The van der Waals surface area contributed by atoms with Gasteiger partial charge in [-0.3, -0.25) is 0 Å². The Balaban J connectivity index is 3.09. The molecule has 0 bridgehead atoms. The molecule has 0 saturated heterocycles. The van der Waals surface area contributed by atoms with E-state index >= 15 is 0 Å². The smallest absolute Gasteiger partial charge is 0.00366 e. The zero-order chi connectivity index (χ0) is 9.14. The second-order valence-electron chi connectivity index (χ2n) is 3.40. The third-order valence-corrected chi connectivity index (χ3v) is 2.33. The van der Waals surface area contributed by atoms with Gasteiger partial charge in [-0.1, -0.05) is 17.7 Å². The van der Waals surface area contributed by atoms with Crippen LogP contribution in [0.1, 0.15) is 22.3 Å². The molecule has 0 aliphatic rings. The monoisotopic (exact) mass is 163 g/mol. The van der Waals surface area contributed by atoms with E-state index in [1.807, 2.05) is 0 Å². The fourth-order valence-corrected chi connectivity index (χ4v) is 1.54. The Hall–Kier alpha value is -0.820. The first-order valence-electron chi connectivity index (χ1n) is 4.42. The second-order valence-corrected chi connectivity index (χ2v) is 3.40. The number of hydrogen-bond acceptors (Lipinski definition) is 1. The Labute approximate surface area is 74.6 Å². The number of hydrogen-bond donors (Lipinski definition) is 1. The van der Waals surface area contributed by atoms with Gasteiger partial charge in [-0.15, -0.1) is 0 Å². The van der Waals surface area contributed by atoms with Crippen LogP contribution in [0, 0.1) is 20.8 Å². The van der Waals surface area contributed by atoms with Gasteiger partial charge in [0.25, 0.3) is 0 Å². The summed E-state index contributed by atoms with van der Waals surface area (Å²) in [7, 11) is 0. The van der Waals surface area contributed by atoms with Crippen LogP contribution >= 0.6 is 0 Å². The average molecular weight is 163 g/mol. The molecule has 0 unspecified atom stereocenters. The lowest BCUT2D eigenvalue weighted by molar-refractivity contribution is 0.951. The fourth-order valence-electron chi connectivity index (χ4n) is 1.54. The molecule has 0 heterocycles. The van der Waals surface area contributed by atoms with E-state index in [-0.39, 0.29) is 0 Å². The Bertz CT molecular complexity index is 277. The third kappa shape index (κ3) is 1.86. The first-order valence-corrected chi connectivity index (χ1v) is 4.42. The van der Waals surface area contributed by atoms with Crippen LogP contribution in [0.25, 0.3) is 0 Å². The van der Waals surface area contributed by atoms with E-state index in [2.05, 4.69) is 32.9 Å². The quantitative estimate of drug-likeness (QED) is 0.710. The highest BCUT2D eigenvalue weighted by molar-refractivity contribution is 5.37. The van der Waals surface area contributed by atoms with Gasteiger partial charge in [-0.25, -0.2) is 0 Å². The van der Waals surface area contributed by atoms with Gasteiger partial charge < -0.3 is 5.73 Å². The summed E-state index contributed by atoms with van der Waals surface area (Å²) in [5.41, 5.74) is 11.0. The summed E-state index contributed by atoms with van der Waals surface area (Å²) in [4.78, 5) is 0. The molecule has 66 valence electrons. The van der Waals surface area contributed by atoms with E-state index in [0.717, 1.165) is 13.0 Å². The highest BCUT2D eigenvalue weighted by Gasteiger charge is 2.00. The zero-order valence-corrected chi connectivity index (χ0v) is 8.15. The number of nitrogens with two attached hydrogens (primary N) is 1. The maximum atomic E-state index is 5.53. The molecular formula is C11H17N. The summed E-state index contributed by atoms with van der Waals surface area (Å²) < 4.78 is 0.